The smallest absolute Gasteiger partial charge is 0.323 e. The van der Waals surface area contributed by atoms with Crippen LogP contribution in [0, 0.1) is 13.8 Å². The lowest BCUT2D eigenvalue weighted by molar-refractivity contribution is -0.143. The van der Waals surface area contributed by atoms with Gasteiger partial charge in [0.15, 0.2) is 0 Å². The van der Waals surface area contributed by atoms with Crippen LogP contribution in [-0.4, -0.2) is 29.8 Å². The Morgan fingerprint density at radius 2 is 1.83 bits per heavy atom. The molecule has 18 heavy (non-hydrogen) atoms. The van der Waals surface area contributed by atoms with Gasteiger partial charge in [0, 0.05) is 6.54 Å². The lowest BCUT2D eigenvalue weighted by atomic mass is 10.1. The van der Waals surface area contributed by atoms with Gasteiger partial charge in [0.1, 0.15) is 17.9 Å². The fourth-order valence-corrected chi connectivity index (χ4v) is 1.62. The van der Waals surface area contributed by atoms with Crippen LogP contribution in [0.1, 0.15) is 25.0 Å². The molecule has 4 heteroatoms. The lowest BCUT2D eigenvalue weighted by Crippen LogP contribution is -2.48. The Morgan fingerprint density at radius 3 is 2.33 bits per heavy atom. The Balaban J connectivity index is 2.40. The molecule has 0 fully saturated rings. The van der Waals surface area contributed by atoms with Crippen LogP contribution < -0.4 is 10.1 Å². The maximum atomic E-state index is 10.9. The molecule has 0 amide bonds. The van der Waals surface area contributed by atoms with Gasteiger partial charge in [-0.15, -0.1) is 0 Å². The number of aryl methyl sites for hydroxylation is 2. The second kappa shape index (κ2) is 5.87. The average Bonchev–Trinajstić information content (AvgIpc) is 2.23. The van der Waals surface area contributed by atoms with E-state index in [1.807, 2.05) is 26.0 Å². The van der Waals surface area contributed by atoms with E-state index in [0.29, 0.717) is 13.2 Å². The van der Waals surface area contributed by atoms with Gasteiger partial charge >= 0.3 is 5.97 Å². The van der Waals surface area contributed by atoms with Gasteiger partial charge in [-0.05, 0) is 51.0 Å². The summed E-state index contributed by atoms with van der Waals surface area (Å²) in [5.41, 5.74) is 1.39. The van der Waals surface area contributed by atoms with Crippen molar-refractivity contribution in [2.24, 2.45) is 0 Å². The van der Waals surface area contributed by atoms with Crippen LogP contribution in [0.3, 0.4) is 0 Å². The molecular weight excluding hydrogens is 230 g/mol. The summed E-state index contributed by atoms with van der Waals surface area (Å²) < 4.78 is 5.59. The number of benzene rings is 1. The number of rotatable bonds is 6. The topological polar surface area (TPSA) is 58.6 Å². The van der Waals surface area contributed by atoms with Crippen molar-refractivity contribution >= 4 is 5.97 Å². The number of carbonyl (C=O) groups is 1. The number of hydrogen-bond donors (Lipinski definition) is 2. The zero-order valence-electron chi connectivity index (χ0n) is 11.4. The molecule has 0 aliphatic rings. The molecule has 0 radical (unpaired) electrons. The Bertz CT molecular complexity index is 407. The van der Waals surface area contributed by atoms with Gasteiger partial charge in [0.25, 0.3) is 0 Å². The molecule has 0 aromatic heterocycles. The highest BCUT2D eigenvalue weighted by Gasteiger charge is 2.25. The van der Waals surface area contributed by atoms with E-state index in [0.717, 1.165) is 16.9 Å². The number of aliphatic carboxylic acids is 1. The molecule has 0 spiro atoms. The Kier molecular flexibility index (Phi) is 4.73. The zero-order chi connectivity index (χ0) is 13.8. The highest BCUT2D eigenvalue weighted by molar-refractivity contribution is 5.77. The van der Waals surface area contributed by atoms with Gasteiger partial charge in [-0.2, -0.15) is 0 Å². The monoisotopic (exact) mass is 251 g/mol. The molecule has 100 valence electrons. The van der Waals surface area contributed by atoms with Crippen molar-refractivity contribution in [3.8, 4) is 5.75 Å². The molecule has 0 aliphatic carbocycles. The average molecular weight is 251 g/mol. The first-order valence-electron chi connectivity index (χ1n) is 6.01. The summed E-state index contributed by atoms with van der Waals surface area (Å²) in [6.45, 7) is 8.24. The minimum atomic E-state index is -0.925. The van der Waals surface area contributed by atoms with E-state index in [1.165, 1.54) is 0 Å². The molecule has 0 heterocycles. The zero-order valence-corrected chi connectivity index (χ0v) is 11.4. The van der Waals surface area contributed by atoms with Crippen molar-refractivity contribution in [1.82, 2.24) is 5.32 Å². The second-order valence-electron chi connectivity index (χ2n) is 5.03. The third kappa shape index (κ3) is 4.37. The van der Waals surface area contributed by atoms with Crippen LogP contribution in [0.15, 0.2) is 18.2 Å². The molecule has 0 atom stereocenters. The quantitative estimate of drug-likeness (QED) is 0.760. The number of nitrogens with one attached hydrogen (secondary N) is 1. The van der Waals surface area contributed by atoms with Crippen LogP contribution in [0.4, 0.5) is 0 Å². The van der Waals surface area contributed by atoms with E-state index in [1.54, 1.807) is 13.8 Å². The highest BCUT2D eigenvalue weighted by Crippen LogP contribution is 2.15. The number of carboxylic acids is 1. The Hall–Kier alpha value is -1.55. The molecular formula is C14H21NO3. The summed E-state index contributed by atoms with van der Waals surface area (Å²) in [5.74, 6) is -0.0451. The minimum absolute atomic E-state index is 0.444. The summed E-state index contributed by atoms with van der Waals surface area (Å²) >= 11 is 0. The minimum Gasteiger partial charge on any atom is -0.492 e. The van der Waals surface area contributed by atoms with Gasteiger partial charge in [-0.1, -0.05) is 6.07 Å². The third-order valence-corrected chi connectivity index (χ3v) is 2.67. The van der Waals surface area contributed by atoms with Crippen LogP contribution in [0.5, 0.6) is 5.75 Å². The van der Waals surface area contributed by atoms with Crippen molar-refractivity contribution in [2.45, 2.75) is 33.2 Å². The summed E-state index contributed by atoms with van der Waals surface area (Å²) in [6, 6.07) is 6.02. The van der Waals surface area contributed by atoms with Crippen molar-refractivity contribution in [3.63, 3.8) is 0 Å². The Morgan fingerprint density at radius 1 is 1.28 bits per heavy atom. The fraction of sp³-hybridized carbons (Fsp3) is 0.500. The van der Waals surface area contributed by atoms with E-state index >= 15 is 0 Å². The predicted octanol–water partition coefficient (Wildman–Crippen LogP) is 2.14. The van der Waals surface area contributed by atoms with E-state index in [2.05, 4.69) is 11.4 Å². The molecule has 2 N–H and O–H groups in total. The molecule has 4 nitrogen and oxygen atoms in total. The number of hydrogen-bond acceptors (Lipinski definition) is 3. The van der Waals surface area contributed by atoms with Gasteiger partial charge in [-0.25, -0.2) is 0 Å². The predicted molar refractivity (Wildman–Crippen MR) is 71.1 cm³/mol. The first-order valence-corrected chi connectivity index (χ1v) is 6.01. The molecule has 1 aromatic carbocycles. The van der Waals surface area contributed by atoms with Crippen molar-refractivity contribution in [1.29, 1.82) is 0 Å². The highest BCUT2D eigenvalue weighted by atomic mass is 16.5. The van der Waals surface area contributed by atoms with Crippen molar-refractivity contribution < 1.29 is 14.6 Å². The summed E-state index contributed by atoms with van der Waals surface area (Å²) in [7, 11) is 0. The summed E-state index contributed by atoms with van der Waals surface area (Å²) in [6.07, 6.45) is 0. The lowest BCUT2D eigenvalue weighted by Gasteiger charge is -2.21. The molecule has 0 aliphatic heterocycles. The summed E-state index contributed by atoms with van der Waals surface area (Å²) in [4.78, 5) is 10.9. The van der Waals surface area contributed by atoms with Gasteiger partial charge in [0.2, 0.25) is 0 Å². The van der Waals surface area contributed by atoms with E-state index in [4.69, 9.17) is 9.84 Å². The molecule has 0 unspecified atom stereocenters. The third-order valence-electron chi connectivity index (χ3n) is 2.67. The van der Waals surface area contributed by atoms with Gasteiger partial charge in [-0.3, -0.25) is 10.1 Å². The van der Waals surface area contributed by atoms with E-state index in [-0.39, 0.29) is 0 Å². The second-order valence-corrected chi connectivity index (χ2v) is 5.03. The van der Waals surface area contributed by atoms with Crippen LogP contribution >= 0.6 is 0 Å². The largest absolute Gasteiger partial charge is 0.492 e. The fourth-order valence-electron chi connectivity index (χ4n) is 1.62. The molecule has 0 saturated carbocycles. The van der Waals surface area contributed by atoms with Crippen LogP contribution in [0.25, 0.3) is 0 Å². The number of ether oxygens (including phenoxy) is 1. The van der Waals surface area contributed by atoms with Gasteiger partial charge < -0.3 is 9.84 Å². The standard InChI is InChI=1S/C14H21NO3/c1-10-7-11(2)9-12(8-10)18-6-5-15-14(3,4)13(16)17/h7-9,15H,5-6H2,1-4H3,(H,16,17). The molecule has 1 rings (SSSR count). The molecule has 0 saturated heterocycles. The van der Waals surface area contributed by atoms with E-state index in [9.17, 15) is 4.79 Å². The van der Waals surface area contributed by atoms with Gasteiger partial charge in [0.05, 0.1) is 0 Å². The normalized spacial score (nSPS) is 11.3. The van der Waals surface area contributed by atoms with Crippen molar-refractivity contribution in [2.75, 3.05) is 13.2 Å². The SMILES string of the molecule is Cc1cc(C)cc(OCCNC(C)(C)C(=O)O)c1. The molecule has 0 bridgehead atoms. The van der Waals surface area contributed by atoms with Crippen LogP contribution in [0.2, 0.25) is 0 Å². The maximum Gasteiger partial charge on any atom is 0.323 e. The summed E-state index contributed by atoms with van der Waals surface area (Å²) in [5, 5.41) is 11.9. The van der Waals surface area contributed by atoms with E-state index < -0.39 is 11.5 Å². The first kappa shape index (κ1) is 14.5. The number of carboxylic acid groups (broad SMARTS) is 1. The Labute approximate surface area is 108 Å². The first-order chi connectivity index (χ1) is 8.31. The molecule has 1 aromatic rings. The van der Waals surface area contributed by atoms with Crippen molar-refractivity contribution in [3.05, 3.63) is 29.3 Å². The maximum absolute atomic E-state index is 10.9. The van der Waals surface area contributed by atoms with Crippen LogP contribution in [-0.2, 0) is 4.79 Å².